The summed E-state index contributed by atoms with van der Waals surface area (Å²) in [5.74, 6) is 0.106. The van der Waals surface area contributed by atoms with Crippen molar-refractivity contribution < 1.29 is 4.79 Å². The van der Waals surface area contributed by atoms with Crippen LogP contribution < -0.4 is 10.6 Å². The van der Waals surface area contributed by atoms with Gasteiger partial charge in [-0.2, -0.15) is 0 Å². The smallest absolute Gasteiger partial charge is 0.244 e. The van der Waals surface area contributed by atoms with Gasteiger partial charge in [-0.1, -0.05) is 97.2 Å². The third-order valence-electron chi connectivity index (χ3n) is 6.54. The van der Waals surface area contributed by atoms with E-state index in [1.165, 1.54) is 23.1 Å². The zero-order valence-corrected chi connectivity index (χ0v) is 20.3. The van der Waals surface area contributed by atoms with Crippen LogP contribution in [0.15, 0.2) is 48.5 Å². The fraction of sp³-hybridized carbons (Fsp3) is 0.536. The van der Waals surface area contributed by atoms with Gasteiger partial charge in [-0.05, 0) is 52.5 Å². The Morgan fingerprint density at radius 3 is 1.90 bits per heavy atom. The molecule has 0 atom stereocenters. The highest BCUT2D eigenvalue weighted by atomic mass is 16.2. The molecule has 2 N–H and O–H groups in total. The minimum absolute atomic E-state index is 0.0226. The van der Waals surface area contributed by atoms with Gasteiger partial charge in [0, 0.05) is 12.2 Å². The summed E-state index contributed by atoms with van der Waals surface area (Å²) in [5, 5.41) is 6.96. The lowest BCUT2D eigenvalue weighted by Gasteiger charge is -2.37. The maximum Gasteiger partial charge on any atom is 0.244 e. The number of amides is 1. The maximum absolute atomic E-state index is 13.7. The van der Waals surface area contributed by atoms with Gasteiger partial charge in [-0.3, -0.25) is 10.1 Å². The lowest BCUT2D eigenvalue weighted by molar-refractivity contribution is -0.123. The van der Waals surface area contributed by atoms with Crippen LogP contribution in [0.2, 0.25) is 0 Å². The molecule has 3 heteroatoms. The van der Waals surface area contributed by atoms with Gasteiger partial charge >= 0.3 is 0 Å². The first-order valence-corrected chi connectivity index (χ1v) is 11.8. The molecule has 1 aliphatic rings. The standard InChI is InChI=1S/C28H40N2O/c1-26(2,3)22-17-23(27(4,5)6)19-24(18-22)30-25(31)28(15-11-8-12-16-28)29-20-21-13-9-7-10-14-21/h7,9-10,13-14,17-19,29H,8,11-12,15-16,20H2,1-6H3,(H,30,31). The number of benzene rings is 2. The molecule has 0 saturated heterocycles. The first-order valence-electron chi connectivity index (χ1n) is 11.8. The van der Waals surface area contributed by atoms with Gasteiger partial charge in [-0.25, -0.2) is 0 Å². The van der Waals surface area contributed by atoms with Crippen LogP contribution >= 0.6 is 0 Å². The average molecular weight is 421 g/mol. The second kappa shape index (κ2) is 9.16. The zero-order chi connectivity index (χ0) is 22.7. The van der Waals surface area contributed by atoms with E-state index in [-0.39, 0.29) is 16.7 Å². The summed E-state index contributed by atoms with van der Waals surface area (Å²) in [6, 6.07) is 17.0. The topological polar surface area (TPSA) is 41.1 Å². The van der Waals surface area contributed by atoms with Crippen molar-refractivity contribution in [1.29, 1.82) is 0 Å². The van der Waals surface area contributed by atoms with Crippen LogP contribution in [0.5, 0.6) is 0 Å². The van der Waals surface area contributed by atoms with E-state index in [2.05, 4.69) is 94.6 Å². The molecule has 0 aliphatic heterocycles. The molecule has 1 aliphatic carbocycles. The third-order valence-corrected chi connectivity index (χ3v) is 6.54. The molecular weight excluding hydrogens is 380 g/mol. The Morgan fingerprint density at radius 1 is 0.839 bits per heavy atom. The number of carbonyl (C=O) groups is 1. The molecule has 0 heterocycles. The molecular formula is C28H40N2O. The highest BCUT2D eigenvalue weighted by molar-refractivity contribution is 5.98. The summed E-state index contributed by atoms with van der Waals surface area (Å²) in [7, 11) is 0. The van der Waals surface area contributed by atoms with Crippen molar-refractivity contribution in [3.05, 3.63) is 65.2 Å². The van der Waals surface area contributed by atoms with E-state index in [4.69, 9.17) is 0 Å². The monoisotopic (exact) mass is 420 g/mol. The molecule has 0 aromatic heterocycles. The molecule has 0 radical (unpaired) electrons. The summed E-state index contributed by atoms with van der Waals surface area (Å²) in [5.41, 5.74) is 4.17. The van der Waals surface area contributed by atoms with Crippen LogP contribution in [-0.2, 0) is 22.2 Å². The number of rotatable bonds is 5. The molecule has 0 spiro atoms. The largest absolute Gasteiger partial charge is 0.324 e. The Bertz CT molecular complexity index is 849. The predicted octanol–water partition coefficient (Wildman–Crippen LogP) is 6.71. The van der Waals surface area contributed by atoms with Crippen molar-refractivity contribution in [3.63, 3.8) is 0 Å². The van der Waals surface area contributed by atoms with Gasteiger partial charge < -0.3 is 5.32 Å². The Hall–Kier alpha value is -2.13. The summed E-state index contributed by atoms with van der Waals surface area (Å²) in [6.45, 7) is 14.1. The van der Waals surface area contributed by atoms with Crippen molar-refractivity contribution in [2.45, 2.75) is 96.6 Å². The number of nitrogens with one attached hydrogen (secondary N) is 2. The molecule has 2 aromatic carbocycles. The Morgan fingerprint density at radius 2 is 1.39 bits per heavy atom. The summed E-state index contributed by atoms with van der Waals surface area (Å²) in [6.07, 6.45) is 5.15. The molecule has 31 heavy (non-hydrogen) atoms. The third kappa shape index (κ3) is 5.98. The minimum atomic E-state index is -0.506. The predicted molar refractivity (Wildman–Crippen MR) is 132 cm³/mol. The van der Waals surface area contributed by atoms with Crippen LogP contribution in [0.1, 0.15) is 90.3 Å². The van der Waals surface area contributed by atoms with Gasteiger partial charge in [0.05, 0.1) is 5.54 Å². The Labute approximate surface area is 189 Å². The van der Waals surface area contributed by atoms with Crippen LogP contribution in [0, 0.1) is 0 Å². The summed E-state index contributed by atoms with van der Waals surface area (Å²) < 4.78 is 0. The van der Waals surface area contributed by atoms with E-state index >= 15 is 0 Å². The Kier molecular flexibility index (Phi) is 6.95. The lowest BCUT2D eigenvalue weighted by atomic mass is 9.79. The van der Waals surface area contributed by atoms with Gasteiger partial charge in [0.1, 0.15) is 0 Å². The highest BCUT2D eigenvalue weighted by Gasteiger charge is 2.39. The van der Waals surface area contributed by atoms with Crippen molar-refractivity contribution in [1.82, 2.24) is 5.32 Å². The van der Waals surface area contributed by atoms with Crippen LogP contribution in [0.4, 0.5) is 5.69 Å². The molecule has 2 aromatic rings. The van der Waals surface area contributed by atoms with Crippen molar-refractivity contribution in [2.75, 3.05) is 5.32 Å². The number of hydrogen-bond donors (Lipinski definition) is 2. The fourth-order valence-corrected chi connectivity index (χ4v) is 4.32. The molecule has 3 rings (SSSR count). The van der Waals surface area contributed by atoms with E-state index in [0.717, 1.165) is 31.4 Å². The van der Waals surface area contributed by atoms with Crippen molar-refractivity contribution >= 4 is 11.6 Å². The van der Waals surface area contributed by atoms with E-state index in [9.17, 15) is 4.79 Å². The molecule has 0 unspecified atom stereocenters. The molecule has 1 saturated carbocycles. The molecule has 1 amide bonds. The van der Waals surface area contributed by atoms with E-state index < -0.39 is 5.54 Å². The second-order valence-electron chi connectivity index (χ2n) is 11.2. The normalized spacial score (nSPS) is 16.7. The maximum atomic E-state index is 13.7. The molecule has 0 bridgehead atoms. The van der Waals surface area contributed by atoms with Gasteiger partial charge in [-0.15, -0.1) is 0 Å². The van der Waals surface area contributed by atoms with E-state index in [1.54, 1.807) is 0 Å². The van der Waals surface area contributed by atoms with Gasteiger partial charge in [0.25, 0.3) is 0 Å². The second-order valence-corrected chi connectivity index (χ2v) is 11.2. The molecule has 168 valence electrons. The Balaban J connectivity index is 1.87. The van der Waals surface area contributed by atoms with Gasteiger partial charge in [0.2, 0.25) is 5.91 Å². The van der Waals surface area contributed by atoms with E-state index in [1.807, 2.05) is 6.07 Å². The number of hydrogen-bond acceptors (Lipinski definition) is 2. The average Bonchev–Trinajstić information content (AvgIpc) is 2.72. The van der Waals surface area contributed by atoms with Crippen LogP contribution in [0.25, 0.3) is 0 Å². The molecule has 1 fully saturated rings. The fourth-order valence-electron chi connectivity index (χ4n) is 4.32. The van der Waals surface area contributed by atoms with Crippen molar-refractivity contribution in [3.8, 4) is 0 Å². The molecule has 3 nitrogen and oxygen atoms in total. The van der Waals surface area contributed by atoms with Crippen molar-refractivity contribution in [2.24, 2.45) is 0 Å². The van der Waals surface area contributed by atoms with Crippen LogP contribution in [-0.4, -0.2) is 11.4 Å². The van der Waals surface area contributed by atoms with E-state index in [0.29, 0.717) is 6.54 Å². The van der Waals surface area contributed by atoms with Gasteiger partial charge in [0.15, 0.2) is 0 Å². The first kappa shape index (κ1) is 23.5. The first-order chi connectivity index (χ1) is 14.5. The summed E-state index contributed by atoms with van der Waals surface area (Å²) in [4.78, 5) is 13.7. The zero-order valence-electron chi connectivity index (χ0n) is 20.3. The summed E-state index contributed by atoms with van der Waals surface area (Å²) >= 11 is 0. The number of carbonyl (C=O) groups excluding carboxylic acids is 1. The quantitative estimate of drug-likeness (QED) is 0.564. The van der Waals surface area contributed by atoms with Crippen LogP contribution in [0.3, 0.4) is 0 Å². The highest BCUT2D eigenvalue weighted by Crippen LogP contribution is 2.34. The minimum Gasteiger partial charge on any atom is -0.324 e. The number of anilines is 1. The SMILES string of the molecule is CC(C)(C)c1cc(NC(=O)C2(NCc3ccccc3)CCCCC2)cc(C(C)(C)C)c1. The lowest BCUT2D eigenvalue weighted by Crippen LogP contribution is -2.55.